The molecule has 0 aliphatic carbocycles. The van der Waals surface area contributed by atoms with E-state index < -0.39 is 0 Å². The average Bonchev–Trinajstić information content (AvgIpc) is 2.82. The molecule has 0 aliphatic rings. The molecule has 1 aromatic carbocycles. The molecule has 0 bridgehead atoms. The number of hydrogen-bond donors (Lipinski definition) is 1. The lowest BCUT2D eigenvalue weighted by molar-refractivity contribution is 1.13. The van der Waals surface area contributed by atoms with Gasteiger partial charge in [0.2, 0.25) is 0 Å². The maximum absolute atomic E-state index is 4.50. The Morgan fingerprint density at radius 2 is 2.00 bits per heavy atom. The molecule has 4 heteroatoms. The minimum Gasteiger partial charge on any atom is -0.340 e. The number of thioether (sulfide) groups is 1. The fourth-order valence-corrected chi connectivity index (χ4v) is 2.61. The molecule has 0 radical (unpaired) electrons. The molecule has 18 heavy (non-hydrogen) atoms. The Labute approximate surface area is 110 Å². The summed E-state index contributed by atoms with van der Waals surface area (Å²) in [7, 11) is 0. The molecule has 0 aliphatic heterocycles. The van der Waals surface area contributed by atoms with Crippen LogP contribution in [0.4, 0.5) is 0 Å². The number of imidazole rings is 1. The quantitative estimate of drug-likeness (QED) is 0.728. The summed E-state index contributed by atoms with van der Waals surface area (Å²) in [4.78, 5) is 13.4. The molecule has 0 amide bonds. The van der Waals surface area contributed by atoms with E-state index in [0.29, 0.717) is 0 Å². The van der Waals surface area contributed by atoms with E-state index in [4.69, 9.17) is 0 Å². The highest BCUT2D eigenvalue weighted by Crippen LogP contribution is 2.22. The molecule has 0 saturated heterocycles. The predicted molar refractivity (Wildman–Crippen MR) is 74.6 cm³/mol. The fraction of sp³-hybridized carbons (Fsp3) is 0.143. The second-order valence-corrected chi connectivity index (χ2v) is 5.16. The molecule has 3 rings (SSSR count). The Morgan fingerprint density at radius 3 is 2.78 bits per heavy atom. The van der Waals surface area contributed by atoms with Gasteiger partial charge in [-0.05, 0) is 30.7 Å². The van der Waals surface area contributed by atoms with Gasteiger partial charge in [0.1, 0.15) is 5.82 Å². The molecule has 1 N–H and O–H groups in total. The zero-order valence-corrected chi connectivity index (χ0v) is 10.9. The van der Waals surface area contributed by atoms with Gasteiger partial charge in [0.15, 0.2) is 5.65 Å². The maximum Gasteiger partial charge on any atom is 0.177 e. The van der Waals surface area contributed by atoms with Crippen LogP contribution in [-0.4, -0.2) is 15.0 Å². The van der Waals surface area contributed by atoms with Crippen molar-refractivity contribution in [3.05, 3.63) is 54.0 Å². The number of nitrogens with one attached hydrogen (secondary N) is 1. The molecule has 0 spiro atoms. The van der Waals surface area contributed by atoms with Crippen LogP contribution in [-0.2, 0) is 5.75 Å². The Morgan fingerprint density at radius 1 is 1.17 bits per heavy atom. The molecular formula is C14H13N3S. The van der Waals surface area contributed by atoms with Gasteiger partial charge >= 0.3 is 0 Å². The van der Waals surface area contributed by atoms with E-state index in [0.717, 1.165) is 22.7 Å². The Kier molecular flexibility index (Phi) is 3.02. The molecule has 3 nitrogen and oxygen atoms in total. The van der Waals surface area contributed by atoms with Gasteiger partial charge in [0, 0.05) is 11.1 Å². The third kappa shape index (κ3) is 2.24. The lowest BCUT2D eigenvalue weighted by atomic mass is 10.3. The third-order valence-electron chi connectivity index (χ3n) is 2.77. The minimum absolute atomic E-state index is 0.804. The zero-order valence-electron chi connectivity index (χ0n) is 10.1. The number of aromatic amines is 1. The van der Waals surface area contributed by atoms with Crippen molar-refractivity contribution >= 4 is 22.9 Å². The van der Waals surface area contributed by atoms with E-state index in [1.807, 2.05) is 24.3 Å². The second kappa shape index (κ2) is 4.82. The summed E-state index contributed by atoms with van der Waals surface area (Å²) in [6.07, 6.45) is 1.80. The first-order valence-corrected chi connectivity index (χ1v) is 6.79. The molecule has 3 aromatic rings. The van der Waals surface area contributed by atoms with Crippen LogP contribution in [0.25, 0.3) is 11.2 Å². The molecule has 0 unspecified atom stereocenters. The number of fused-ring (bicyclic) bond motifs is 1. The summed E-state index contributed by atoms with van der Waals surface area (Å²) in [6, 6.07) is 12.3. The number of hydrogen-bond acceptors (Lipinski definition) is 3. The summed E-state index contributed by atoms with van der Waals surface area (Å²) in [5, 5.41) is 0. The standard InChI is InChI=1S/C14H13N3S/c1-10-7-8-15-14-13(10)16-12(17-14)9-18-11-5-3-2-4-6-11/h2-8H,9H2,1H3,(H,15,16,17). The first kappa shape index (κ1) is 11.3. The van der Waals surface area contributed by atoms with Gasteiger partial charge in [-0.1, -0.05) is 18.2 Å². The molecule has 0 saturated carbocycles. The van der Waals surface area contributed by atoms with Crippen LogP contribution in [0, 0.1) is 6.92 Å². The number of nitrogens with zero attached hydrogens (tertiary/aromatic N) is 2. The number of aromatic nitrogens is 3. The van der Waals surface area contributed by atoms with Crippen molar-refractivity contribution in [1.82, 2.24) is 15.0 Å². The van der Waals surface area contributed by atoms with Crippen molar-refractivity contribution in [3.63, 3.8) is 0 Å². The predicted octanol–water partition coefficient (Wildman–Crippen LogP) is 3.56. The number of rotatable bonds is 3. The Balaban J connectivity index is 1.81. The molecule has 2 heterocycles. The van der Waals surface area contributed by atoms with E-state index in [1.54, 1.807) is 18.0 Å². The van der Waals surface area contributed by atoms with Crippen LogP contribution in [0.3, 0.4) is 0 Å². The number of aryl methyl sites for hydroxylation is 1. The number of benzene rings is 1. The van der Waals surface area contributed by atoms with E-state index in [-0.39, 0.29) is 0 Å². The highest BCUT2D eigenvalue weighted by Gasteiger charge is 2.05. The summed E-state index contributed by atoms with van der Waals surface area (Å²) in [5.41, 5.74) is 3.03. The maximum atomic E-state index is 4.50. The van der Waals surface area contributed by atoms with Gasteiger partial charge < -0.3 is 4.98 Å². The summed E-state index contributed by atoms with van der Waals surface area (Å²) in [6.45, 7) is 2.07. The molecule has 0 atom stereocenters. The monoisotopic (exact) mass is 255 g/mol. The SMILES string of the molecule is Cc1ccnc2nc(CSc3ccccc3)[nH]c12. The minimum atomic E-state index is 0.804. The smallest absolute Gasteiger partial charge is 0.177 e. The van der Waals surface area contributed by atoms with Gasteiger partial charge in [-0.25, -0.2) is 9.97 Å². The van der Waals surface area contributed by atoms with Crippen molar-refractivity contribution in [2.75, 3.05) is 0 Å². The molecule has 0 fully saturated rings. The largest absolute Gasteiger partial charge is 0.340 e. The highest BCUT2D eigenvalue weighted by atomic mass is 32.2. The van der Waals surface area contributed by atoms with E-state index in [9.17, 15) is 0 Å². The van der Waals surface area contributed by atoms with Crippen molar-refractivity contribution < 1.29 is 0 Å². The normalized spacial score (nSPS) is 10.9. The van der Waals surface area contributed by atoms with Crippen molar-refractivity contribution in [2.24, 2.45) is 0 Å². The summed E-state index contributed by atoms with van der Waals surface area (Å²) in [5.74, 6) is 1.81. The second-order valence-electron chi connectivity index (χ2n) is 4.11. The molecular weight excluding hydrogens is 242 g/mol. The van der Waals surface area contributed by atoms with Gasteiger partial charge in [-0.15, -0.1) is 11.8 Å². The first-order valence-electron chi connectivity index (χ1n) is 5.81. The third-order valence-corrected chi connectivity index (χ3v) is 3.79. The van der Waals surface area contributed by atoms with Crippen LogP contribution < -0.4 is 0 Å². The number of pyridine rings is 1. The Bertz CT molecular complexity index is 661. The van der Waals surface area contributed by atoms with Crippen LogP contribution in [0.2, 0.25) is 0 Å². The summed E-state index contributed by atoms with van der Waals surface area (Å²) < 4.78 is 0. The van der Waals surface area contributed by atoms with E-state index in [1.165, 1.54) is 10.5 Å². The van der Waals surface area contributed by atoms with Crippen LogP contribution in [0.5, 0.6) is 0 Å². The van der Waals surface area contributed by atoms with Crippen LogP contribution in [0.15, 0.2) is 47.5 Å². The van der Waals surface area contributed by atoms with Gasteiger partial charge in [0.25, 0.3) is 0 Å². The van der Waals surface area contributed by atoms with Crippen LogP contribution in [0.1, 0.15) is 11.4 Å². The Hall–Kier alpha value is -1.81. The van der Waals surface area contributed by atoms with Gasteiger partial charge in [-0.3, -0.25) is 0 Å². The van der Waals surface area contributed by atoms with Gasteiger partial charge in [0.05, 0.1) is 11.3 Å². The van der Waals surface area contributed by atoms with Crippen molar-refractivity contribution in [1.29, 1.82) is 0 Å². The highest BCUT2D eigenvalue weighted by molar-refractivity contribution is 7.98. The number of H-pyrrole nitrogens is 1. The van der Waals surface area contributed by atoms with E-state index in [2.05, 4.69) is 34.0 Å². The van der Waals surface area contributed by atoms with Crippen molar-refractivity contribution in [3.8, 4) is 0 Å². The molecule has 2 aromatic heterocycles. The van der Waals surface area contributed by atoms with Crippen molar-refractivity contribution in [2.45, 2.75) is 17.6 Å². The summed E-state index contributed by atoms with van der Waals surface area (Å²) >= 11 is 1.77. The topological polar surface area (TPSA) is 41.6 Å². The lowest BCUT2D eigenvalue weighted by Gasteiger charge is -1.97. The fourth-order valence-electron chi connectivity index (χ4n) is 1.82. The lowest BCUT2D eigenvalue weighted by Crippen LogP contribution is -1.83. The van der Waals surface area contributed by atoms with Crippen LogP contribution >= 0.6 is 11.8 Å². The average molecular weight is 255 g/mol. The molecule has 90 valence electrons. The first-order chi connectivity index (χ1) is 8.83. The zero-order chi connectivity index (χ0) is 12.4. The van der Waals surface area contributed by atoms with Gasteiger partial charge in [-0.2, -0.15) is 0 Å². The van der Waals surface area contributed by atoms with E-state index >= 15 is 0 Å².